The van der Waals surface area contributed by atoms with E-state index in [0.717, 1.165) is 18.4 Å². The van der Waals surface area contributed by atoms with Gasteiger partial charge in [-0.1, -0.05) is 6.07 Å². The fraction of sp³-hybridized carbons (Fsp3) is 0.375. The largest absolute Gasteiger partial charge is 0.322 e. The van der Waals surface area contributed by atoms with Gasteiger partial charge in [-0.2, -0.15) is 5.10 Å². The number of rotatable bonds is 4. The van der Waals surface area contributed by atoms with Crippen molar-refractivity contribution in [1.29, 1.82) is 0 Å². The number of urea groups is 1. The van der Waals surface area contributed by atoms with Gasteiger partial charge in [0.25, 0.3) is 0 Å². The third kappa shape index (κ3) is 3.99. The van der Waals surface area contributed by atoms with Crippen LogP contribution in [0.25, 0.3) is 0 Å². The first-order chi connectivity index (χ1) is 11.8. The van der Waals surface area contributed by atoms with E-state index in [2.05, 4.69) is 10.4 Å². The van der Waals surface area contributed by atoms with Crippen LogP contribution in [-0.2, 0) is 16.6 Å². The van der Waals surface area contributed by atoms with Gasteiger partial charge in [-0.25, -0.2) is 18.4 Å². The molecule has 9 heteroatoms. The van der Waals surface area contributed by atoms with Crippen LogP contribution >= 0.6 is 0 Å². The summed E-state index contributed by atoms with van der Waals surface area (Å²) >= 11 is 0. The Morgan fingerprint density at radius 2 is 2.24 bits per heavy atom. The van der Waals surface area contributed by atoms with Crippen molar-refractivity contribution in [3.63, 3.8) is 0 Å². The Balaban J connectivity index is 1.75. The first-order valence-corrected chi connectivity index (χ1v) is 9.58. The third-order valence-corrected chi connectivity index (χ3v) is 5.29. The van der Waals surface area contributed by atoms with Crippen molar-refractivity contribution in [3.8, 4) is 0 Å². The van der Waals surface area contributed by atoms with E-state index >= 15 is 0 Å². The minimum atomic E-state index is -3.82. The van der Waals surface area contributed by atoms with E-state index in [1.165, 1.54) is 12.1 Å². The molecule has 2 amide bonds. The first kappa shape index (κ1) is 17.4. The standard InChI is InChI=1S/C16H21N5O3S/c1-12-5-6-14(25(17,23)24)10-15(12)19-16(22)21-9-2-4-13(21)11-20-8-3-7-18-20/h3,5-8,10,13H,2,4,9,11H2,1H3,(H,19,22)(H2,17,23,24). The topological polar surface area (TPSA) is 110 Å². The predicted molar refractivity (Wildman–Crippen MR) is 93.5 cm³/mol. The maximum atomic E-state index is 12.7. The second-order valence-corrected chi connectivity index (χ2v) is 7.73. The number of sulfonamides is 1. The number of carbonyl (C=O) groups excluding carboxylic acids is 1. The number of benzene rings is 1. The highest BCUT2D eigenvalue weighted by molar-refractivity contribution is 7.89. The molecule has 1 aromatic carbocycles. The Hall–Kier alpha value is -2.39. The average Bonchev–Trinajstić information content (AvgIpc) is 3.20. The van der Waals surface area contributed by atoms with Gasteiger partial charge in [0.1, 0.15) is 0 Å². The Morgan fingerprint density at radius 3 is 2.92 bits per heavy atom. The van der Waals surface area contributed by atoms with Gasteiger partial charge in [-0.05, 0) is 43.5 Å². The van der Waals surface area contributed by atoms with E-state index in [9.17, 15) is 13.2 Å². The summed E-state index contributed by atoms with van der Waals surface area (Å²) in [4.78, 5) is 14.4. The number of nitrogens with one attached hydrogen (secondary N) is 1. The van der Waals surface area contributed by atoms with E-state index < -0.39 is 10.0 Å². The average molecular weight is 363 g/mol. The number of nitrogens with two attached hydrogens (primary N) is 1. The van der Waals surface area contributed by atoms with Crippen LogP contribution < -0.4 is 10.5 Å². The molecule has 8 nitrogen and oxygen atoms in total. The third-order valence-electron chi connectivity index (χ3n) is 4.37. The Bertz CT molecular complexity index is 864. The maximum absolute atomic E-state index is 12.7. The molecule has 0 spiro atoms. The molecule has 0 bridgehead atoms. The molecule has 1 saturated heterocycles. The summed E-state index contributed by atoms with van der Waals surface area (Å²) in [6, 6.07) is 6.10. The van der Waals surface area contributed by atoms with E-state index in [1.807, 2.05) is 16.9 Å². The van der Waals surface area contributed by atoms with Crippen LogP contribution in [0.3, 0.4) is 0 Å². The van der Waals surface area contributed by atoms with Crippen molar-refractivity contribution >= 4 is 21.7 Å². The number of nitrogens with zero attached hydrogens (tertiary/aromatic N) is 3. The highest BCUT2D eigenvalue weighted by Crippen LogP contribution is 2.23. The Kier molecular flexibility index (Phi) is 4.78. The molecular formula is C16H21N5O3S. The maximum Gasteiger partial charge on any atom is 0.322 e. The summed E-state index contributed by atoms with van der Waals surface area (Å²) in [5, 5.41) is 12.2. The van der Waals surface area contributed by atoms with Gasteiger partial charge in [-0.15, -0.1) is 0 Å². The highest BCUT2D eigenvalue weighted by Gasteiger charge is 2.29. The van der Waals surface area contributed by atoms with Crippen LogP contribution in [0.5, 0.6) is 0 Å². The molecule has 1 aliphatic rings. The van der Waals surface area contributed by atoms with Gasteiger partial charge in [0, 0.05) is 24.6 Å². The van der Waals surface area contributed by atoms with Crippen molar-refractivity contribution in [3.05, 3.63) is 42.2 Å². The fourth-order valence-corrected chi connectivity index (χ4v) is 3.56. The summed E-state index contributed by atoms with van der Waals surface area (Å²) in [6.07, 6.45) is 5.41. The number of likely N-dealkylation sites (tertiary alicyclic amines) is 1. The summed E-state index contributed by atoms with van der Waals surface area (Å²) in [5.41, 5.74) is 1.21. The van der Waals surface area contributed by atoms with E-state index in [0.29, 0.717) is 18.8 Å². The molecule has 3 rings (SSSR count). The molecule has 1 fully saturated rings. The summed E-state index contributed by atoms with van der Waals surface area (Å²) in [7, 11) is -3.82. The van der Waals surface area contributed by atoms with Gasteiger partial charge in [0.05, 0.1) is 17.5 Å². The molecule has 0 saturated carbocycles. The normalized spacial score (nSPS) is 17.7. The number of aromatic nitrogens is 2. The molecule has 1 unspecified atom stereocenters. The molecule has 2 heterocycles. The molecule has 1 atom stereocenters. The number of aryl methyl sites for hydroxylation is 1. The second kappa shape index (κ2) is 6.85. The minimum absolute atomic E-state index is 0.0251. The van der Waals surface area contributed by atoms with Crippen molar-refractivity contribution < 1.29 is 13.2 Å². The zero-order valence-corrected chi connectivity index (χ0v) is 14.7. The highest BCUT2D eigenvalue weighted by atomic mass is 32.2. The molecule has 134 valence electrons. The number of carbonyl (C=O) groups is 1. The SMILES string of the molecule is Cc1ccc(S(N)(=O)=O)cc1NC(=O)N1CCCC1Cn1cccn1. The molecule has 1 aliphatic heterocycles. The van der Waals surface area contributed by atoms with Crippen molar-refractivity contribution in [2.75, 3.05) is 11.9 Å². The Labute approximate surface area is 146 Å². The molecule has 0 aliphatic carbocycles. The quantitative estimate of drug-likeness (QED) is 0.858. The van der Waals surface area contributed by atoms with E-state index in [-0.39, 0.29) is 17.0 Å². The summed E-state index contributed by atoms with van der Waals surface area (Å²) in [5.74, 6) is 0. The number of hydrogen-bond donors (Lipinski definition) is 2. The van der Waals surface area contributed by atoms with Gasteiger partial charge in [-0.3, -0.25) is 4.68 Å². The zero-order chi connectivity index (χ0) is 18.0. The monoisotopic (exact) mass is 363 g/mol. The van der Waals surface area contributed by atoms with Crippen LogP contribution in [0.1, 0.15) is 18.4 Å². The number of amides is 2. The van der Waals surface area contributed by atoms with Crippen LogP contribution in [0.15, 0.2) is 41.6 Å². The molecule has 2 aromatic rings. The van der Waals surface area contributed by atoms with Crippen molar-refractivity contribution in [2.24, 2.45) is 5.14 Å². The molecule has 1 aromatic heterocycles. The Morgan fingerprint density at radius 1 is 1.44 bits per heavy atom. The summed E-state index contributed by atoms with van der Waals surface area (Å²) < 4.78 is 24.8. The van der Waals surface area contributed by atoms with Gasteiger partial charge < -0.3 is 10.2 Å². The minimum Gasteiger partial charge on any atom is -0.320 e. The van der Waals surface area contributed by atoms with E-state index in [4.69, 9.17) is 5.14 Å². The fourth-order valence-electron chi connectivity index (χ4n) is 3.02. The predicted octanol–water partition coefficient (Wildman–Crippen LogP) is 1.54. The van der Waals surface area contributed by atoms with Crippen LogP contribution in [0.2, 0.25) is 0 Å². The first-order valence-electron chi connectivity index (χ1n) is 8.03. The van der Waals surface area contributed by atoms with Crippen LogP contribution in [-0.4, -0.2) is 41.7 Å². The van der Waals surface area contributed by atoms with E-state index in [1.54, 1.807) is 24.1 Å². The lowest BCUT2D eigenvalue weighted by Gasteiger charge is -2.25. The van der Waals surface area contributed by atoms with Gasteiger partial charge in [0.15, 0.2) is 0 Å². The lowest BCUT2D eigenvalue weighted by molar-refractivity contribution is 0.199. The molecular weight excluding hydrogens is 342 g/mol. The lowest BCUT2D eigenvalue weighted by Crippen LogP contribution is -2.41. The number of primary sulfonamides is 1. The second-order valence-electron chi connectivity index (χ2n) is 6.17. The molecule has 25 heavy (non-hydrogen) atoms. The van der Waals surface area contributed by atoms with Crippen LogP contribution in [0, 0.1) is 6.92 Å². The van der Waals surface area contributed by atoms with Crippen molar-refractivity contribution in [2.45, 2.75) is 37.2 Å². The van der Waals surface area contributed by atoms with Crippen LogP contribution in [0.4, 0.5) is 10.5 Å². The van der Waals surface area contributed by atoms with Gasteiger partial charge >= 0.3 is 6.03 Å². The van der Waals surface area contributed by atoms with Crippen molar-refractivity contribution in [1.82, 2.24) is 14.7 Å². The van der Waals surface area contributed by atoms with Gasteiger partial charge in [0.2, 0.25) is 10.0 Å². The molecule has 3 N–H and O–H groups in total. The number of hydrogen-bond acceptors (Lipinski definition) is 4. The zero-order valence-electron chi connectivity index (χ0n) is 13.9. The lowest BCUT2D eigenvalue weighted by atomic mass is 10.2. The smallest absolute Gasteiger partial charge is 0.320 e. The summed E-state index contributed by atoms with van der Waals surface area (Å²) in [6.45, 7) is 3.09. The molecule has 0 radical (unpaired) electrons. The number of anilines is 1.